The molecule has 0 radical (unpaired) electrons. The van der Waals surface area contributed by atoms with Crippen molar-refractivity contribution >= 4 is 5.91 Å². The molecular weight excluding hydrogens is 442 g/mol. The Balaban J connectivity index is 1.53. The minimum Gasteiger partial charge on any atom is -0.507 e. The first-order valence-electron chi connectivity index (χ1n) is 11.6. The molecule has 1 amide bonds. The number of phenolic OH excluding ortho intramolecular Hbond substituents is 1. The molecule has 1 aromatic heterocycles. The van der Waals surface area contributed by atoms with Gasteiger partial charge in [0, 0.05) is 17.7 Å². The number of nitrogens with zero attached hydrogens (tertiary/aromatic N) is 2. The van der Waals surface area contributed by atoms with Gasteiger partial charge in [0.2, 0.25) is 0 Å². The topological polar surface area (TPSA) is 87.7 Å². The minimum absolute atomic E-state index is 0.110. The molecular formula is C28H27N3O4. The highest BCUT2D eigenvalue weighted by Gasteiger charge is 2.42. The van der Waals surface area contributed by atoms with Crippen molar-refractivity contribution in [1.82, 2.24) is 15.1 Å². The number of methoxy groups -OCH3 is 1. The molecule has 0 saturated carbocycles. The number of rotatable bonds is 8. The molecule has 0 fully saturated rings. The van der Waals surface area contributed by atoms with Crippen molar-refractivity contribution in [3.8, 4) is 28.5 Å². The number of hydrogen-bond donors (Lipinski definition) is 2. The van der Waals surface area contributed by atoms with Gasteiger partial charge in [0.05, 0.1) is 19.8 Å². The second-order valence-corrected chi connectivity index (χ2v) is 8.38. The van der Waals surface area contributed by atoms with Gasteiger partial charge in [-0.3, -0.25) is 9.89 Å². The summed E-state index contributed by atoms with van der Waals surface area (Å²) in [6.07, 6.45) is 0.687. The Morgan fingerprint density at radius 2 is 1.71 bits per heavy atom. The number of carbonyl (C=O) groups excluding carboxylic acids is 1. The highest BCUT2D eigenvalue weighted by Crippen LogP contribution is 2.44. The molecule has 178 valence electrons. The SMILES string of the molecule is CCOc1ccc(C2c3c(-c4ccccc4O)n[nH]c3C(=O)N2CCc2ccc(OC)cc2)cc1. The summed E-state index contributed by atoms with van der Waals surface area (Å²) in [6.45, 7) is 3.05. The lowest BCUT2D eigenvalue weighted by molar-refractivity contribution is 0.0746. The van der Waals surface area contributed by atoms with Crippen LogP contribution in [0.2, 0.25) is 0 Å². The number of para-hydroxylation sites is 1. The van der Waals surface area contributed by atoms with Gasteiger partial charge in [-0.1, -0.05) is 36.4 Å². The Labute approximate surface area is 203 Å². The molecule has 1 aliphatic heterocycles. The number of ether oxygens (including phenoxy) is 2. The number of nitrogens with one attached hydrogen (secondary N) is 1. The van der Waals surface area contributed by atoms with E-state index in [0.717, 1.165) is 28.2 Å². The molecule has 1 aliphatic rings. The average molecular weight is 470 g/mol. The summed E-state index contributed by atoms with van der Waals surface area (Å²) in [6, 6.07) is 22.4. The van der Waals surface area contributed by atoms with Crippen LogP contribution in [0.5, 0.6) is 17.2 Å². The van der Waals surface area contributed by atoms with Crippen molar-refractivity contribution in [2.75, 3.05) is 20.3 Å². The second kappa shape index (κ2) is 9.54. The van der Waals surface area contributed by atoms with Crippen molar-refractivity contribution in [1.29, 1.82) is 0 Å². The van der Waals surface area contributed by atoms with Crippen LogP contribution in [0.25, 0.3) is 11.3 Å². The largest absolute Gasteiger partial charge is 0.507 e. The number of hydrogen-bond acceptors (Lipinski definition) is 5. The van der Waals surface area contributed by atoms with E-state index in [1.807, 2.05) is 72.5 Å². The van der Waals surface area contributed by atoms with Crippen LogP contribution in [-0.2, 0) is 6.42 Å². The van der Waals surface area contributed by atoms with Crippen LogP contribution >= 0.6 is 0 Å². The van der Waals surface area contributed by atoms with E-state index in [-0.39, 0.29) is 17.7 Å². The molecule has 3 aromatic carbocycles. The van der Waals surface area contributed by atoms with E-state index in [0.29, 0.717) is 36.5 Å². The average Bonchev–Trinajstić information content (AvgIpc) is 3.43. The zero-order chi connectivity index (χ0) is 24.4. The van der Waals surface area contributed by atoms with Crippen LogP contribution in [0.1, 0.15) is 40.1 Å². The van der Waals surface area contributed by atoms with Gasteiger partial charge in [0.25, 0.3) is 5.91 Å². The predicted molar refractivity (Wildman–Crippen MR) is 133 cm³/mol. The monoisotopic (exact) mass is 469 g/mol. The van der Waals surface area contributed by atoms with Gasteiger partial charge < -0.3 is 19.5 Å². The fourth-order valence-corrected chi connectivity index (χ4v) is 4.61. The van der Waals surface area contributed by atoms with Gasteiger partial charge >= 0.3 is 0 Å². The van der Waals surface area contributed by atoms with Gasteiger partial charge in [-0.25, -0.2) is 0 Å². The molecule has 4 aromatic rings. The minimum atomic E-state index is -0.347. The molecule has 7 heteroatoms. The number of amides is 1. The van der Waals surface area contributed by atoms with Crippen molar-refractivity contribution < 1.29 is 19.4 Å². The predicted octanol–water partition coefficient (Wildman–Crippen LogP) is 4.98. The standard InChI is InChI=1S/C28H27N3O4/c1-3-35-21-14-10-19(11-15-21)27-24-25(22-6-4-5-7-23(22)32)29-30-26(24)28(33)31(27)17-16-18-8-12-20(34-2)13-9-18/h4-15,27,32H,3,16-17H2,1-2H3,(H,29,30). The van der Waals surface area contributed by atoms with Crippen molar-refractivity contribution in [2.24, 2.45) is 0 Å². The third-order valence-corrected chi connectivity index (χ3v) is 6.33. The first kappa shape index (κ1) is 22.5. The normalized spacial score (nSPS) is 14.7. The number of benzene rings is 3. The smallest absolute Gasteiger partial charge is 0.273 e. The summed E-state index contributed by atoms with van der Waals surface area (Å²) >= 11 is 0. The van der Waals surface area contributed by atoms with Crippen molar-refractivity contribution in [3.63, 3.8) is 0 Å². The van der Waals surface area contributed by atoms with Gasteiger partial charge in [-0.05, 0) is 60.9 Å². The molecule has 1 atom stereocenters. The highest BCUT2D eigenvalue weighted by molar-refractivity contribution is 6.00. The van der Waals surface area contributed by atoms with E-state index in [1.54, 1.807) is 19.2 Å². The summed E-state index contributed by atoms with van der Waals surface area (Å²) in [4.78, 5) is 15.4. The fourth-order valence-electron chi connectivity index (χ4n) is 4.61. The van der Waals surface area contributed by atoms with Crippen LogP contribution in [0.3, 0.4) is 0 Å². The number of carbonyl (C=O) groups is 1. The first-order valence-corrected chi connectivity index (χ1v) is 11.6. The van der Waals surface area contributed by atoms with E-state index in [9.17, 15) is 9.90 Å². The van der Waals surface area contributed by atoms with Crippen LogP contribution in [0.15, 0.2) is 72.8 Å². The summed E-state index contributed by atoms with van der Waals surface area (Å²) in [5, 5.41) is 17.9. The molecule has 2 N–H and O–H groups in total. The van der Waals surface area contributed by atoms with Crippen molar-refractivity contribution in [3.05, 3.63) is 95.2 Å². The molecule has 0 saturated heterocycles. The quantitative estimate of drug-likeness (QED) is 0.380. The molecule has 7 nitrogen and oxygen atoms in total. The van der Waals surface area contributed by atoms with Crippen LogP contribution in [0.4, 0.5) is 0 Å². The maximum absolute atomic E-state index is 13.5. The molecule has 5 rings (SSSR count). The maximum atomic E-state index is 13.5. The van der Waals surface area contributed by atoms with E-state index < -0.39 is 0 Å². The molecule has 0 bridgehead atoms. The number of aromatic nitrogens is 2. The number of aromatic amines is 1. The maximum Gasteiger partial charge on any atom is 0.273 e. The summed E-state index contributed by atoms with van der Waals surface area (Å²) < 4.78 is 10.9. The number of phenols is 1. The van der Waals surface area contributed by atoms with Gasteiger partial charge in [0.1, 0.15) is 28.6 Å². The zero-order valence-electron chi connectivity index (χ0n) is 19.7. The van der Waals surface area contributed by atoms with E-state index >= 15 is 0 Å². The lowest BCUT2D eigenvalue weighted by atomic mass is 9.95. The molecule has 0 aliphatic carbocycles. The number of H-pyrrole nitrogens is 1. The molecule has 0 spiro atoms. The highest BCUT2D eigenvalue weighted by atomic mass is 16.5. The van der Waals surface area contributed by atoms with Gasteiger partial charge in [-0.15, -0.1) is 0 Å². The fraction of sp³-hybridized carbons (Fsp3) is 0.214. The third kappa shape index (κ3) is 4.21. The Hall–Kier alpha value is -4.26. The first-order chi connectivity index (χ1) is 17.1. The molecule has 35 heavy (non-hydrogen) atoms. The van der Waals surface area contributed by atoms with Gasteiger partial charge in [-0.2, -0.15) is 5.10 Å². The van der Waals surface area contributed by atoms with E-state index in [2.05, 4.69) is 10.2 Å². The summed E-state index contributed by atoms with van der Waals surface area (Å²) in [5.41, 5.74) is 4.46. The van der Waals surface area contributed by atoms with Gasteiger partial charge in [0.15, 0.2) is 0 Å². The Morgan fingerprint density at radius 1 is 1.00 bits per heavy atom. The Kier molecular flexibility index (Phi) is 6.14. The van der Waals surface area contributed by atoms with Crippen LogP contribution in [0, 0.1) is 0 Å². The zero-order valence-corrected chi connectivity index (χ0v) is 19.7. The molecule has 1 unspecified atom stereocenters. The lowest BCUT2D eigenvalue weighted by Crippen LogP contribution is -2.31. The molecule has 2 heterocycles. The number of fused-ring (bicyclic) bond motifs is 1. The van der Waals surface area contributed by atoms with E-state index in [4.69, 9.17) is 9.47 Å². The third-order valence-electron chi connectivity index (χ3n) is 6.33. The Bertz CT molecular complexity index is 1330. The van der Waals surface area contributed by atoms with Crippen LogP contribution in [-0.4, -0.2) is 46.4 Å². The van der Waals surface area contributed by atoms with Crippen LogP contribution < -0.4 is 9.47 Å². The summed E-state index contributed by atoms with van der Waals surface area (Å²) in [5.74, 6) is 1.59. The summed E-state index contributed by atoms with van der Waals surface area (Å²) in [7, 11) is 1.64. The van der Waals surface area contributed by atoms with E-state index in [1.165, 1.54) is 0 Å². The lowest BCUT2D eigenvalue weighted by Gasteiger charge is -2.26. The van der Waals surface area contributed by atoms with Crippen molar-refractivity contribution in [2.45, 2.75) is 19.4 Å². The second-order valence-electron chi connectivity index (χ2n) is 8.38. The number of aromatic hydroxyl groups is 1. The Morgan fingerprint density at radius 3 is 2.40 bits per heavy atom.